The van der Waals surface area contributed by atoms with Gasteiger partial charge >= 0.3 is 6.36 Å². The highest BCUT2D eigenvalue weighted by Gasteiger charge is 2.31. The molecule has 0 radical (unpaired) electrons. The lowest BCUT2D eigenvalue weighted by Gasteiger charge is -2.09. The van der Waals surface area contributed by atoms with E-state index in [1.165, 1.54) is 47.5 Å². The van der Waals surface area contributed by atoms with Crippen molar-refractivity contribution in [2.75, 3.05) is 5.32 Å². The third-order valence-electron chi connectivity index (χ3n) is 4.42. The average Bonchev–Trinajstić information content (AvgIpc) is 3.31. The van der Waals surface area contributed by atoms with E-state index in [0.717, 1.165) is 11.1 Å². The molecular formula is C22H14Cl2F3N7OS. The Hall–Kier alpha value is -3.74. The monoisotopic (exact) mass is 551 g/mol. The maximum Gasteiger partial charge on any atom is 0.573 e. The summed E-state index contributed by atoms with van der Waals surface area (Å²) >= 11 is 17.0. The molecule has 0 saturated carbocycles. The predicted octanol–water partition coefficient (Wildman–Crippen LogP) is 5.86. The Morgan fingerprint density at radius 1 is 1.06 bits per heavy atom. The number of pyridine rings is 1. The maximum absolute atomic E-state index is 12.3. The van der Waals surface area contributed by atoms with Gasteiger partial charge in [0, 0.05) is 11.8 Å². The molecule has 0 bridgehead atoms. The Balaban J connectivity index is 1.34. The maximum atomic E-state index is 12.3. The van der Waals surface area contributed by atoms with Crippen LogP contribution in [0.3, 0.4) is 0 Å². The summed E-state index contributed by atoms with van der Waals surface area (Å²) in [6.07, 6.45) is -0.291. The lowest BCUT2D eigenvalue weighted by Crippen LogP contribution is -2.24. The summed E-state index contributed by atoms with van der Waals surface area (Å²) in [6, 6.07) is 14.0. The third kappa shape index (κ3) is 6.90. The zero-order valence-corrected chi connectivity index (χ0v) is 20.2. The van der Waals surface area contributed by atoms with Crippen molar-refractivity contribution in [3.8, 4) is 22.8 Å². The van der Waals surface area contributed by atoms with Gasteiger partial charge in [-0.3, -0.25) is 5.43 Å². The Morgan fingerprint density at radius 2 is 1.78 bits per heavy atom. The van der Waals surface area contributed by atoms with Gasteiger partial charge in [0.15, 0.2) is 16.8 Å². The number of thiocarbonyl (C=S) groups is 1. The van der Waals surface area contributed by atoms with E-state index in [0.29, 0.717) is 27.4 Å². The van der Waals surface area contributed by atoms with Gasteiger partial charge in [-0.15, -0.1) is 18.3 Å². The minimum Gasteiger partial charge on any atom is -0.406 e. The molecule has 2 N–H and O–H groups in total. The second-order valence-corrected chi connectivity index (χ2v) is 8.24. The molecule has 2 heterocycles. The number of halogens is 5. The van der Waals surface area contributed by atoms with Crippen LogP contribution in [0.4, 0.5) is 19.0 Å². The molecule has 14 heteroatoms. The van der Waals surface area contributed by atoms with E-state index in [2.05, 4.69) is 35.6 Å². The number of aromatic nitrogens is 4. The molecule has 184 valence electrons. The first-order valence-corrected chi connectivity index (χ1v) is 11.1. The Kier molecular flexibility index (Phi) is 7.67. The summed E-state index contributed by atoms with van der Waals surface area (Å²) in [6.45, 7) is 0. The van der Waals surface area contributed by atoms with E-state index in [4.69, 9.17) is 35.4 Å². The van der Waals surface area contributed by atoms with Crippen LogP contribution in [0.5, 0.6) is 5.75 Å². The number of hydrogen-bond donors (Lipinski definition) is 2. The Labute approximate surface area is 217 Å². The first-order valence-electron chi connectivity index (χ1n) is 9.96. The highest BCUT2D eigenvalue weighted by Crippen LogP contribution is 2.24. The average molecular weight is 552 g/mol. The Morgan fingerprint density at radius 3 is 2.44 bits per heavy atom. The molecule has 36 heavy (non-hydrogen) atoms. The molecule has 4 rings (SSSR count). The summed E-state index contributed by atoms with van der Waals surface area (Å²) in [5.74, 6) is 0.459. The van der Waals surface area contributed by atoms with Crippen LogP contribution in [0.2, 0.25) is 10.0 Å². The molecule has 0 saturated heterocycles. The minimum atomic E-state index is -4.75. The van der Waals surface area contributed by atoms with E-state index in [1.807, 2.05) is 0 Å². The molecule has 2 aromatic heterocycles. The van der Waals surface area contributed by atoms with Crippen LogP contribution in [-0.4, -0.2) is 37.4 Å². The molecule has 0 fully saturated rings. The van der Waals surface area contributed by atoms with E-state index < -0.39 is 6.36 Å². The van der Waals surface area contributed by atoms with E-state index >= 15 is 0 Å². The molecule has 0 aliphatic heterocycles. The van der Waals surface area contributed by atoms with Crippen LogP contribution in [0.25, 0.3) is 17.1 Å². The molecule has 2 aromatic carbocycles. The molecule has 4 aromatic rings. The molecule has 0 unspecified atom stereocenters. The van der Waals surface area contributed by atoms with Gasteiger partial charge in [0.25, 0.3) is 0 Å². The van der Waals surface area contributed by atoms with Crippen molar-refractivity contribution in [1.29, 1.82) is 0 Å². The number of benzene rings is 2. The first kappa shape index (κ1) is 25.4. The lowest BCUT2D eigenvalue weighted by atomic mass is 10.1. The summed E-state index contributed by atoms with van der Waals surface area (Å²) < 4.78 is 42.3. The number of nitrogens with one attached hydrogen (secondary N) is 2. The quantitative estimate of drug-likeness (QED) is 0.176. The van der Waals surface area contributed by atoms with Gasteiger partial charge in [-0.2, -0.15) is 5.10 Å². The van der Waals surface area contributed by atoms with Gasteiger partial charge in [0.2, 0.25) is 0 Å². The topological polar surface area (TPSA) is 89.2 Å². The fraction of sp³-hybridized carbons (Fsp3) is 0.0455. The van der Waals surface area contributed by atoms with Gasteiger partial charge in [0.1, 0.15) is 12.1 Å². The van der Waals surface area contributed by atoms with E-state index in [1.54, 1.807) is 30.5 Å². The van der Waals surface area contributed by atoms with Gasteiger partial charge in [-0.05, 0) is 48.1 Å². The number of hydrazone groups is 1. The van der Waals surface area contributed by atoms with Crippen molar-refractivity contribution < 1.29 is 17.9 Å². The zero-order valence-electron chi connectivity index (χ0n) is 17.9. The first-order chi connectivity index (χ1) is 17.2. The van der Waals surface area contributed by atoms with Gasteiger partial charge in [-0.25, -0.2) is 14.6 Å². The SMILES string of the molecule is FC(F)(F)Oc1ccc(-n2cnc(-c3ccc(C=NNC(=S)Nc4ncc(Cl)cc4Cl)cc3)n2)cc1. The molecule has 0 atom stereocenters. The van der Waals surface area contributed by atoms with Crippen LogP contribution in [-0.2, 0) is 0 Å². The standard InChI is InChI=1S/C22H14Cl2F3N7OS/c23-15-9-18(24)20(28-11-15)31-21(36)32-30-10-13-1-3-14(4-2-13)19-29-12-34(33-19)16-5-7-17(8-6-16)35-22(25,26)27/h1-12H,(H2,28,31,32,36). The summed E-state index contributed by atoms with van der Waals surface area (Å²) in [5, 5.41) is 12.2. The second-order valence-electron chi connectivity index (χ2n) is 6.98. The summed E-state index contributed by atoms with van der Waals surface area (Å²) in [5.41, 5.74) is 4.70. The highest BCUT2D eigenvalue weighted by atomic mass is 35.5. The van der Waals surface area contributed by atoms with Crippen LogP contribution < -0.4 is 15.5 Å². The highest BCUT2D eigenvalue weighted by molar-refractivity contribution is 7.80. The molecule has 0 aliphatic carbocycles. The smallest absolute Gasteiger partial charge is 0.406 e. The largest absolute Gasteiger partial charge is 0.573 e. The number of rotatable bonds is 6. The molecule has 0 amide bonds. The fourth-order valence-corrected chi connectivity index (χ4v) is 3.42. The van der Waals surface area contributed by atoms with Crippen molar-refractivity contribution in [3.63, 3.8) is 0 Å². The zero-order chi connectivity index (χ0) is 25.7. The summed E-state index contributed by atoms with van der Waals surface area (Å²) in [4.78, 5) is 8.30. The van der Waals surface area contributed by atoms with E-state index in [-0.39, 0.29) is 10.9 Å². The number of alkyl halides is 3. The number of hydrogen-bond acceptors (Lipinski definition) is 6. The fourth-order valence-electron chi connectivity index (χ4n) is 2.85. The lowest BCUT2D eigenvalue weighted by molar-refractivity contribution is -0.274. The van der Waals surface area contributed by atoms with Crippen LogP contribution >= 0.6 is 35.4 Å². The van der Waals surface area contributed by atoms with Crippen molar-refractivity contribution in [2.45, 2.75) is 6.36 Å². The third-order valence-corrected chi connectivity index (χ3v) is 5.10. The van der Waals surface area contributed by atoms with Crippen LogP contribution in [0, 0.1) is 0 Å². The molecule has 0 spiro atoms. The van der Waals surface area contributed by atoms with Gasteiger partial charge in [0.05, 0.1) is 21.9 Å². The van der Waals surface area contributed by atoms with E-state index in [9.17, 15) is 13.2 Å². The second kappa shape index (κ2) is 10.9. The van der Waals surface area contributed by atoms with Crippen LogP contribution in [0.15, 0.2) is 72.2 Å². The normalized spacial score (nSPS) is 11.5. The summed E-state index contributed by atoms with van der Waals surface area (Å²) in [7, 11) is 0. The van der Waals surface area contributed by atoms with Crippen molar-refractivity contribution >= 4 is 52.6 Å². The minimum absolute atomic E-state index is 0.187. The number of ether oxygens (including phenoxy) is 1. The predicted molar refractivity (Wildman–Crippen MR) is 135 cm³/mol. The molecule has 8 nitrogen and oxygen atoms in total. The van der Waals surface area contributed by atoms with Gasteiger partial charge < -0.3 is 10.1 Å². The van der Waals surface area contributed by atoms with Crippen LogP contribution in [0.1, 0.15) is 5.56 Å². The van der Waals surface area contributed by atoms with Crippen molar-refractivity contribution in [1.82, 2.24) is 25.2 Å². The van der Waals surface area contributed by atoms with Crippen molar-refractivity contribution in [3.05, 3.63) is 82.7 Å². The Bertz CT molecular complexity index is 1390. The number of anilines is 1. The number of nitrogens with zero attached hydrogens (tertiary/aromatic N) is 5. The van der Waals surface area contributed by atoms with Gasteiger partial charge in [-0.1, -0.05) is 47.5 Å². The van der Waals surface area contributed by atoms with Crippen molar-refractivity contribution in [2.24, 2.45) is 5.10 Å². The molecular weight excluding hydrogens is 538 g/mol. The molecule has 0 aliphatic rings.